The van der Waals surface area contributed by atoms with Crippen molar-refractivity contribution in [2.75, 3.05) is 32.8 Å². The fourth-order valence-electron chi connectivity index (χ4n) is 2.48. The number of carbonyl (C=O) groups is 1. The van der Waals surface area contributed by atoms with Gasteiger partial charge in [-0.3, -0.25) is 4.79 Å². The van der Waals surface area contributed by atoms with Crippen LogP contribution in [0.4, 0.5) is 5.69 Å². The molecule has 0 aromatic heterocycles. The van der Waals surface area contributed by atoms with Crippen molar-refractivity contribution in [3.63, 3.8) is 0 Å². The van der Waals surface area contributed by atoms with E-state index >= 15 is 0 Å². The molecule has 1 aromatic carbocycles. The molecule has 1 atom stereocenters. The number of anilines is 1. The number of hydrogen-bond donors (Lipinski definition) is 0. The SMILES string of the molecule is COc1ccc(N(C)C(=O)CC2CCCCO2)cc1OC. The highest BCUT2D eigenvalue weighted by Gasteiger charge is 2.21. The molecule has 1 unspecified atom stereocenters. The largest absolute Gasteiger partial charge is 0.493 e. The third-order valence-electron chi connectivity index (χ3n) is 3.80. The first kappa shape index (κ1) is 15.6. The minimum atomic E-state index is 0.0499. The maximum Gasteiger partial charge on any atom is 0.229 e. The lowest BCUT2D eigenvalue weighted by Gasteiger charge is -2.25. The van der Waals surface area contributed by atoms with Crippen molar-refractivity contribution in [3.8, 4) is 11.5 Å². The van der Waals surface area contributed by atoms with Crippen LogP contribution >= 0.6 is 0 Å². The lowest BCUT2D eigenvalue weighted by Crippen LogP contribution is -2.32. The molecule has 1 amide bonds. The van der Waals surface area contributed by atoms with Gasteiger partial charge in [0.1, 0.15) is 0 Å². The van der Waals surface area contributed by atoms with Crippen molar-refractivity contribution in [2.24, 2.45) is 0 Å². The number of carbonyl (C=O) groups excluding carboxylic acids is 1. The number of nitrogens with zero attached hydrogens (tertiary/aromatic N) is 1. The normalized spacial score (nSPS) is 18.1. The smallest absolute Gasteiger partial charge is 0.229 e. The molecule has 2 rings (SSSR count). The summed E-state index contributed by atoms with van der Waals surface area (Å²) in [6, 6.07) is 5.45. The molecule has 1 aromatic rings. The summed E-state index contributed by atoms with van der Waals surface area (Å²) in [5.41, 5.74) is 0.786. The van der Waals surface area contributed by atoms with Gasteiger partial charge in [-0.05, 0) is 31.4 Å². The molecule has 1 heterocycles. The van der Waals surface area contributed by atoms with E-state index in [4.69, 9.17) is 14.2 Å². The Bertz CT molecular complexity index is 483. The fraction of sp³-hybridized carbons (Fsp3) is 0.562. The predicted molar refractivity (Wildman–Crippen MR) is 81.2 cm³/mol. The van der Waals surface area contributed by atoms with Crippen molar-refractivity contribution in [3.05, 3.63) is 18.2 Å². The molecule has 0 N–H and O–H groups in total. The van der Waals surface area contributed by atoms with Gasteiger partial charge in [0.25, 0.3) is 0 Å². The van der Waals surface area contributed by atoms with Crippen molar-refractivity contribution >= 4 is 11.6 Å². The Labute approximate surface area is 125 Å². The van der Waals surface area contributed by atoms with Gasteiger partial charge in [0, 0.05) is 25.4 Å². The average molecular weight is 293 g/mol. The third-order valence-corrected chi connectivity index (χ3v) is 3.80. The molecule has 0 radical (unpaired) electrons. The molecule has 5 heteroatoms. The zero-order valence-electron chi connectivity index (χ0n) is 12.9. The average Bonchev–Trinajstić information content (AvgIpc) is 2.54. The van der Waals surface area contributed by atoms with Crippen LogP contribution in [0.5, 0.6) is 11.5 Å². The molecule has 5 nitrogen and oxygen atoms in total. The summed E-state index contributed by atoms with van der Waals surface area (Å²) in [7, 11) is 4.94. The molecule has 1 aliphatic rings. The van der Waals surface area contributed by atoms with Gasteiger partial charge >= 0.3 is 0 Å². The van der Waals surface area contributed by atoms with Gasteiger partial charge in [-0.2, -0.15) is 0 Å². The highest BCUT2D eigenvalue weighted by Crippen LogP contribution is 2.31. The highest BCUT2D eigenvalue weighted by molar-refractivity contribution is 5.93. The van der Waals surface area contributed by atoms with Gasteiger partial charge in [0.15, 0.2) is 11.5 Å². The molecule has 1 saturated heterocycles. The number of amides is 1. The Kier molecular flexibility index (Phi) is 5.44. The molecule has 1 aliphatic heterocycles. The van der Waals surface area contributed by atoms with E-state index in [2.05, 4.69) is 0 Å². The van der Waals surface area contributed by atoms with Crippen LogP contribution in [0.1, 0.15) is 25.7 Å². The van der Waals surface area contributed by atoms with E-state index in [-0.39, 0.29) is 12.0 Å². The van der Waals surface area contributed by atoms with E-state index in [0.29, 0.717) is 17.9 Å². The van der Waals surface area contributed by atoms with E-state index in [0.717, 1.165) is 31.6 Å². The second-order valence-electron chi connectivity index (χ2n) is 5.18. The highest BCUT2D eigenvalue weighted by atomic mass is 16.5. The van der Waals surface area contributed by atoms with Gasteiger partial charge in [-0.25, -0.2) is 0 Å². The lowest BCUT2D eigenvalue weighted by atomic mass is 10.1. The van der Waals surface area contributed by atoms with E-state index in [1.807, 2.05) is 6.07 Å². The van der Waals surface area contributed by atoms with Gasteiger partial charge < -0.3 is 19.1 Å². The second kappa shape index (κ2) is 7.31. The predicted octanol–water partition coefficient (Wildman–Crippen LogP) is 2.63. The number of methoxy groups -OCH3 is 2. The quantitative estimate of drug-likeness (QED) is 0.837. The van der Waals surface area contributed by atoms with Crippen molar-refractivity contribution in [1.29, 1.82) is 0 Å². The molecule has 0 aliphatic carbocycles. The van der Waals surface area contributed by atoms with Crippen LogP contribution in [0, 0.1) is 0 Å². The maximum atomic E-state index is 12.3. The van der Waals surface area contributed by atoms with E-state index < -0.39 is 0 Å². The minimum absolute atomic E-state index is 0.0499. The Morgan fingerprint density at radius 2 is 2.05 bits per heavy atom. The van der Waals surface area contributed by atoms with Gasteiger partial charge in [-0.1, -0.05) is 0 Å². The maximum absolute atomic E-state index is 12.3. The Balaban J connectivity index is 2.04. The topological polar surface area (TPSA) is 48.0 Å². The van der Waals surface area contributed by atoms with E-state index in [9.17, 15) is 4.79 Å². The Morgan fingerprint density at radius 1 is 1.29 bits per heavy atom. The number of rotatable bonds is 5. The fourth-order valence-corrected chi connectivity index (χ4v) is 2.48. The summed E-state index contributed by atoms with van der Waals surface area (Å²) in [5.74, 6) is 1.32. The monoisotopic (exact) mass is 293 g/mol. The van der Waals surface area contributed by atoms with Crippen LogP contribution in [-0.2, 0) is 9.53 Å². The summed E-state index contributed by atoms with van der Waals surface area (Å²) in [4.78, 5) is 14.0. The number of benzene rings is 1. The molecule has 0 saturated carbocycles. The molecule has 116 valence electrons. The zero-order chi connectivity index (χ0) is 15.2. The first-order chi connectivity index (χ1) is 10.2. The first-order valence-electron chi connectivity index (χ1n) is 7.26. The van der Waals surface area contributed by atoms with Gasteiger partial charge in [0.2, 0.25) is 5.91 Å². The molecule has 21 heavy (non-hydrogen) atoms. The molecular weight excluding hydrogens is 270 g/mol. The van der Waals surface area contributed by atoms with Gasteiger partial charge in [-0.15, -0.1) is 0 Å². The molecule has 1 fully saturated rings. The number of ether oxygens (including phenoxy) is 3. The van der Waals surface area contributed by atoms with Crippen LogP contribution in [0.15, 0.2) is 18.2 Å². The first-order valence-corrected chi connectivity index (χ1v) is 7.26. The van der Waals surface area contributed by atoms with Crippen molar-refractivity contribution < 1.29 is 19.0 Å². The van der Waals surface area contributed by atoms with Gasteiger partial charge in [0.05, 0.1) is 26.7 Å². The number of hydrogen-bond acceptors (Lipinski definition) is 4. The molecular formula is C16H23NO4. The van der Waals surface area contributed by atoms with E-state index in [1.165, 1.54) is 0 Å². The Hall–Kier alpha value is -1.75. The van der Waals surface area contributed by atoms with Crippen LogP contribution in [-0.4, -0.2) is 39.9 Å². The standard InChI is InChI=1S/C16H23NO4/c1-17(16(18)11-13-6-4-5-9-21-13)12-7-8-14(19-2)15(10-12)20-3/h7-8,10,13H,4-6,9,11H2,1-3H3. The molecule has 0 spiro atoms. The third kappa shape index (κ3) is 3.88. The Morgan fingerprint density at radius 3 is 2.67 bits per heavy atom. The second-order valence-corrected chi connectivity index (χ2v) is 5.18. The summed E-state index contributed by atoms with van der Waals surface area (Å²) >= 11 is 0. The van der Waals surface area contributed by atoms with Crippen LogP contribution < -0.4 is 14.4 Å². The minimum Gasteiger partial charge on any atom is -0.493 e. The zero-order valence-corrected chi connectivity index (χ0v) is 12.9. The summed E-state index contributed by atoms with van der Waals surface area (Å²) in [6.07, 6.45) is 3.67. The summed E-state index contributed by atoms with van der Waals surface area (Å²) in [5, 5.41) is 0. The van der Waals surface area contributed by atoms with Crippen LogP contribution in [0.25, 0.3) is 0 Å². The summed E-state index contributed by atoms with van der Waals surface area (Å²) in [6.45, 7) is 0.762. The van der Waals surface area contributed by atoms with Crippen LogP contribution in [0.3, 0.4) is 0 Å². The van der Waals surface area contributed by atoms with Crippen molar-refractivity contribution in [1.82, 2.24) is 0 Å². The summed E-state index contributed by atoms with van der Waals surface area (Å²) < 4.78 is 16.1. The lowest BCUT2D eigenvalue weighted by molar-refractivity contribution is -0.122. The molecule has 0 bridgehead atoms. The van der Waals surface area contributed by atoms with Crippen molar-refractivity contribution in [2.45, 2.75) is 31.8 Å². The van der Waals surface area contributed by atoms with Crippen LogP contribution in [0.2, 0.25) is 0 Å². The van der Waals surface area contributed by atoms with E-state index in [1.54, 1.807) is 38.3 Å².